The van der Waals surface area contributed by atoms with Crippen molar-refractivity contribution in [3.63, 3.8) is 0 Å². The number of rotatable bonds is 9. The molecule has 0 saturated heterocycles. The number of carbonyl (C=O) groups excluding carboxylic acids is 1. The minimum atomic E-state index is -0.0220. The van der Waals surface area contributed by atoms with E-state index in [1.807, 2.05) is 44.2 Å². The van der Waals surface area contributed by atoms with E-state index in [0.717, 1.165) is 35.5 Å². The fourth-order valence-electron chi connectivity index (χ4n) is 2.57. The van der Waals surface area contributed by atoms with Crippen molar-refractivity contribution in [2.45, 2.75) is 26.7 Å². The van der Waals surface area contributed by atoms with Gasteiger partial charge in [0.25, 0.3) is 5.91 Å². The van der Waals surface area contributed by atoms with E-state index in [1.54, 1.807) is 24.1 Å². The Morgan fingerprint density at radius 3 is 2.31 bits per heavy atom. The Hall–Kier alpha value is -2.20. The van der Waals surface area contributed by atoms with Crippen LogP contribution in [0.15, 0.2) is 42.5 Å². The molecule has 0 atom stereocenters. The monoisotopic (exact) mass is 375 g/mol. The van der Waals surface area contributed by atoms with Gasteiger partial charge in [-0.3, -0.25) is 4.79 Å². The molecule has 0 aromatic heterocycles. The molecular formula is C21H26ClNO3. The summed E-state index contributed by atoms with van der Waals surface area (Å²) in [7, 11) is 1.80. The van der Waals surface area contributed by atoms with Crippen molar-refractivity contribution in [3.05, 3.63) is 58.6 Å². The lowest BCUT2D eigenvalue weighted by atomic mass is 10.1. The highest BCUT2D eigenvalue weighted by atomic mass is 35.5. The van der Waals surface area contributed by atoms with Crippen molar-refractivity contribution in [3.8, 4) is 11.5 Å². The Labute approximate surface area is 160 Å². The van der Waals surface area contributed by atoms with Crippen molar-refractivity contribution < 1.29 is 14.3 Å². The Bertz CT molecular complexity index is 695. The molecule has 0 radical (unpaired) electrons. The zero-order chi connectivity index (χ0) is 18.9. The van der Waals surface area contributed by atoms with Gasteiger partial charge in [0.1, 0.15) is 11.5 Å². The zero-order valence-electron chi connectivity index (χ0n) is 15.6. The second-order valence-electron chi connectivity index (χ2n) is 6.33. The molecule has 0 unspecified atom stereocenters. The molecule has 0 bridgehead atoms. The summed E-state index contributed by atoms with van der Waals surface area (Å²) in [6, 6.07) is 13.3. The highest BCUT2D eigenvalue weighted by Crippen LogP contribution is 2.22. The first-order valence-electron chi connectivity index (χ1n) is 8.78. The molecule has 0 saturated carbocycles. The van der Waals surface area contributed by atoms with Crippen LogP contribution in [0, 0.1) is 13.8 Å². The second kappa shape index (κ2) is 10.1. The second-order valence-corrected chi connectivity index (χ2v) is 6.77. The van der Waals surface area contributed by atoms with E-state index in [1.165, 1.54) is 0 Å². The topological polar surface area (TPSA) is 38.8 Å². The van der Waals surface area contributed by atoms with Gasteiger partial charge in [-0.15, -0.1) is 0 Å². The van der Waals surface area contributed by atoms with E-state index in [-0.39, 0.29) is 12.5 Å². The van der Waals surface area contributed by atoms with Crippen LogP contribution in [0.4, 0.5) is 0 Å². The number of amides is 1. The van der Waals surface area contributed by atoms with Crippen molar-refractivity contribution >= 4 is 17.5 Å². The molecule has 140 valence electrons. The lowest BCUT2D eigenvalue weighted by molar-refractivity contribution is -0.132. The molecular weight excluding hydrogens is 350 g/mol. The Kier molecular flexibility index (Phi) is 7.79. The summed E-state index contributed by atoms with van der Waals surface area (Å²) in [5.74, 6) is 1.58. The number of hydrogen-bond acceptors (Lipinski definition) is 3. The molecule has 26 heavy (non-hydrogen) atoms. The predicted octanol–water partition coefficient (Wildman–Crippen LogP) is 4.65. The Balaban J connectivity index is 1.65. The molecule has 5 heteroatoms. The van der Waals surface area contributed by atoms with Gasteiger partial charge in [0, 0.05) is 18.6 Å². The van der Waals surface area contributed by atoms with E-state index >= 15 is 0 Å². The normalized spacial score (nSPS) is 10.5. The van der Waals surface area contributed by atoms with E-state index < -0.39 is 0 Å². The van der Waals surface area contributed by atoms with Crippen molar-refractivity contribution in [2.75, 3.05) is 26.8 Å². The lowest BCUT2D eigenvalue weighted by Gasteiger charge is -2.18. The van der Waals surface area contributed by atoms with Crippen molar-refractivity contribution in [1.82, 2.24) is 4.90 Å². The van der Waals surface area contributed by atoms with Gasteiger partial charge in [0.2, 0.25) is 0 Å². The number of hydrogen-bond donors (Lipinski definition) is 0. The number of benzene rings is 2. The number of para-hydroxylation sites is 1. The highest BCUT2D eigenvalue weighted by Gasteiger charge is 2.11. The average Bonchev–Trinajstić information content (AvgIpc) is 2.62. The molecule has 0 heterocycles. The maximum absolute atomic E-state index is 12.2. The number of nitrogens with zero attached hydrogens (tertiary/aromatic N) is 1. The van der Waals surface area contributed by atoms with E-state index in [9.17, 15) is 4.79 Å². The number of carbonyl (C=O) groups is 1. The first-order valence-corrected chi connectivity index (χ1v) is 9.16. The van der Waals surface area contributed by atoms with Crippen molar-refractivity contribution in [2.24, 2.45) is 0 Å². The number of ether oxygens (including phenoxy) is 2. The molecule has 2 aromatic rings. The van der Waals surface area contributed by atoms with Gasteiger partial charge in [0.15, 0.2) is 6.61 Å². The molecule has 0 aliphatic carbocycles. The van der Waals surface area contributed by atoms with Gasteiger partial charge in [-0.25, -0.2) is 0 Å². The van der Waals surface area contributed by atoms with Crippen LogP contribution >= 0.6 is 11.6 Å². The third kappa shape index (κ3) is 6.26. The predicted molar refractivity (Wildman–Crippen MR) is 105 cm³/mol. The molecule has 2 rings (SSSR count). The maximum atomic E-state index is 12.2. The summed E-state index contributed by atoms with van der Waals surface area (Å²) in [5, 5.41) is 0.695. The molecule has 1 amide bonds. The quantitative estimate of drug-likeness (QED) is 0.598. The standard InChI is InChI=1S/C21H26ClNO3/c1-16-7-6-8-17(2)21(16)26-15-20(24)23(3)13-4-5-14-25-19-11-9-18(22)10-12-19/h6-12H,4-5,13-15H2,1-3H3. The summed E-state index contributed by atoms with van der Waals surface area (Å²) in [6.45, 7) is 5.32. The first-order chi connectivity index (χ1) is 12.5. The summed E-state index contributed by atoms with van der Waals surface area (Å²) in [4.78, 5) is 13.9. The molecule has 4 nitrogen and oxygen atoms in total. The minimum absolute atomic E-state index is 0.0220. The smallest absolute Gasteiger partial charge is 0.260 e. The van der Waals surface area contributed by atoms with Gasteiger partial charge in [-0.1, -0.05) is 29.8 Å². The zero-order valence-corrected chi connectivity index (χ0v) is 16.4. The fourth-order valence-corrected chi connectivity index (χ4v) is 2.69. The number of aryl methyl sites for hydroxylation is 2. The minimum Gasteiger partial charge on any atom is -0.494 e. The summed E-state index contributed by atoms with van der Waals surface area (Å²) in [5.41, 5.74) is 2.08. The third-order valence-electron chi connectivity index (χ3n) is 4.14. The van der Waals surface area contributed by atoms with Crippen LogP contribution < -0.4 is 9.47 Å². The Morgan fingerprint density at radius 1 is 1.00 bits per heavy atom. The van der Waals surface area contributed by atoms with Gasteiger partial charge in [-0.05, 0) is 62.1 Å². The molecule has 2 aromatic carbocycles. The number of likely N-dealkylation sites (N-methyl/N-ethyl adjacent to an activating group) is 1. The lowest BCUT2D eigenvalue weighted by Crippen LogP contribution is -2.32. The van der Waals surface area contributed by atoms with E-state index in [4.69, 9.17) is 21.1 Å². The molecule has 0 spiro atoms. The van der Waals surface area contributed by atoms with Crippen LogP contribution in [0.3, 0.4) is 0 Å². The van der Waals surface area contributed by atoms with E-state index in [2.05, 4.69) is 0 Å². The van der Waals surface area contributed by atoms with Crippen LogP contribution in [0.5, 0.6) is 11.5 Å². The molecule has 0 aliphatic heterocycles. The largest absolute Gasteiger partial charge is 0.494 e. The van der Waals surface area contributed by atoms with Gasteiger partial charge in [0.05, 0.1) is 6.61 Å². The van der Waals surface area contributed by atoms with Gasteiger partial charge < -0.3 is 14.4 Å². The van der Waals surface area contributed by atoms with Crippen molar-refractivity contribution in [1.29, 1.82) is 0 Å². The SMILES string of the molecule is Cc1cccc(C)c1OCC(=O)N(C)CCCCOc1ccc(Cl)cc1. The number of unbranched alkanes of at least 4 members (excludes halogenated alkanes) is 1. The number of halogens is 1. The average molecular weight is 376 g/mol. The molecule has 0 N–H and O–H groups in total. The molecule has 0 aliphatic rings. The summed E-state index contributed by atoms with van der Waals surface area (Å²) >= 11 is 5.84. The Morgan fingerprint density at radius 2 is 1.65 bits per heavy atom. The highest BCUT2D eigenvalue weighted by molar-refractivity contribution is 6.30. The third-order valence-corrected chi connectivity index (χ3v) is 4.40. The first kappa shape index (κ1) is 20.1. The van der Waals surface area contributed by atoms with Crippen LogP contribution in [-0.2, 0) is 4.79 Å². The van der Waals surface area contributed by atoms with Gasteiger partial charge >= 0.3 is 0 Å². The van der Waals surface area contributed by atoms with E-state index in [0.29, 0.717) is 18.2 Å². The fraction of sp³-hybridized carbons (Fsp3) is 0.381. The van der Waals surface area contributed by atoms with Gasteiger partial charge in [-0.2, -0.15) is 0 Å². The van der Waals surface area contributed by atoms with Crippen LogP contribution in [0.1, 0.15) is 24.0 Å². The molecule has 0 fully saturated rings. The van der Waals surface area contributed by atoms with Crippen LogP contribution in [0.2, 0.25) is 5.02 Å². The van der Waals surface area contributed by atoms with Crippen LogP contribution in [-0.4, -0.2) is 37.6 Å². The maximum Gasteiger partial charge on any atom is 0.260 e. The van der Waals surface area contributed by atoms with Crippen LogP contribution in [0.25, 0.3) is 0 Å². The summed E-state index contributed by atoms with van der Waals surface area (Å²) in [6.07, 6.45) is 1.75. The summed E-state index contributed by atoms with van der Waals surface area (Å²) < 4.78 is 11.4.